The zero-order valence-electron chi connectivity index (χ0n) is 11.0. The Labute approximate surface area is 116 Å². The molecule has 1 aliphatic rings. The minimum Gasteiger partial charge on any atom is -0.482 e. The quantitative estimate of drug-likeness (QED) is 0.797. The summed E-state index contributed by atoms with van der Waals surface area (Å²) >= 11 is 0. The van der Waals surface area contributed by atoms with Crippen LogP contribution in [0.4, 0.5) is 5.69 Å². The van der Waals surface area contributed by atoms with E-state index in [1.807, 2.05) is 29.0 Å². The van der Waals surface area contributed by atoms with Gasteiger partial charge in [-0.25, -0.2) is 4.98 Å². The van der Waals surface area contributed by atoms with E-state index in [9.17, 15) is 4.79 Å². The van der Waals surface area contributed by atoms with Crippen LogP contribution in [0.5, 0.6) is 5.75 Å². The molecule has 0 radical (unpaired) electrons. The molecule has 0 fully saturated rings. The molecule has 20 heavy (non-hydrogen) atoms. The fourth-order valence-corrected chi connectivity index (χ4v) is 2.10. The number of ether oxygens (including phenoxy) is 1. The Morgan fingerprint density at radius 3 is 3.25 bits per heavy atom. The van der Waals surface area contributed by atoms with Crippen molar-refractivity contribution in [2.45, 2.75) is 13.1 Å². The maximum Gasteiger partial charge on any atom is 0.262 e. The molecule has 104 valence electrons. The van der Waals surface area contributed by atoms with Crippen LogP contribution in [0.25, 0.3) is 0 Å². The predicted octanol–water partition coefficient (Wildman–Crippen LogP) is 1.00. The number of rotatable bonds is 5. The van der Waals surface area contributed by atoms with Crippen molar-refractivity contribution < 1.29 is 9.53 Å². The SMILES string of the molecule is O=C1COc2ccc(CNCCn3ccnc3)cc2N1. The van der Waals surface area contributed by atoms with Gasteiger partial charge in [-0.2, -0.15) is 0 Å². The molecule has 1 aromatic carbocycles. The van der Waals surface area contributed by atoms with E-state index in [0.29, 0.717) is 0 Å². The van der Waals surface area contributed by atoms with Gasteiger partial charge in [0.25, 0.3) is 5.91 Å². The second kappa shape index (κ2) is 5.75. The van der Waals surface area contributed by atoms with Gasteiger partial charge in [-0.3, -0.25) is 4.79 Å². The first kappa shape index (κ1) is 12.7. The molecule has 2 aromatic rings. The van der Waals surface area contributed by atoms with Crippen molar-refractivity contribution in [2.75, 3.05) is 18.5 Å². The number of anilines is 1. The third-order valence-corrected chi connectivity index (χ3v) is 3.11. The lowest BCUT2D eigenvalue weighted by Gasteiger charge is -2.18. The van der Waals surface area contributed by atoms with Gasteiger partial charge in [0.15, 0.2) is 6.61 Å². The fourth-order valence-electron chi connectivity index (χ4n) is 2.10. The Morgan fingerprint density at radius 1 is 1.45 bits per heavy atom. The van der Waals surface area contributed by atoms with E-state index in [2.05, 4.69) is 15.6 Å². The highest BCUT2D eigenvalue weighted by atomic mass is 16.5. The minimum atomic E-state index is -0.109. The Kier molecular flexibility index (Phi) is 3.64. The molecule has 1 amide bonds. The Bertz CT molecular complexity index is 595. The van der Waals surface area contributed by atoms with E-state index in [0.717, 1.165) is 36.6 Å². The van der Waals surface area contributed by atoms with Crippen molar-refractivity contribution >= 4 is 11.6 Å². The second-order valence-corrected chi connectivity index (χ2v) is 4.64. The topological polar surface area (TPSA) is 68.2 Å². The molecule has 1 aromatic heterocycles. The van der Waals surface area contributed by atoms with E-state index >= 15 is 0 Å². The molecule has 0 spiro atoms. The largest absolute Gasteiger partial charge is 0.482 e. The maximum absolute atomic E-state index is 11.3. The summed E-state index contributed by atoms with van der Waals surface area (Å²) in [5.74, 6) is 0.620. The van der Waals surface area contributed by atoms with Crippen LogP contribution in [0.15, 0.2) is 36.9 Å². The summed E-state index contributed by atoms with van der Waals surface area (Å²) in [4.78, 5) is 15.3. The zero-order chi connectivity index (χ0) is 13.8. The van der Waals surface area contributed by atoms with Crippen LogP contribution in [0.1, 0.15) is 5.56 Å². The number of nitrogens with zero attached hydrogens (tertiary/aromatic N) is 2. The minimum absolute atomic E-state index is 0.0928. The highest BCUT2D eigenvalue weighted by Gasteiger charge is 2.15. The molecule has 3 rings (SSSR count). The van der Waals surface area contributed by atoms with Gasteiger partial charge >= 0.3 is 0 Å². The van der Waals surface area contributed by atoms with Crippen LogP contribution in [-0.2, 0) is 17.9 Å². The molecule has 1 aliphatic heterocycles. The molecular formula is C14H16N4O2. The van der Waals surface area contributed by atoms with Crippen LogP contribution in [-0.4, -0.2) is 28.6 Å². The van der Waals surface area contributed by atoms with Crippen LogP contribution in [0.3, 0.4) is 0 Å². The van der Waals surface area contributed by atoms with Gasteiger partial charge in [-0.05, 0) is 17.7 Å². The smallest absolute Gasteiger partial charge is 0.262 e. The van der Waals surface area contributed by atoms with E-state index in [-0.39, 0.29) is 12.5 Å². The first-order chi connectivity index (χ1) is 9.81. The summed E-state index contributed by atoms with van der Waals surface area (Å²) in [6.07, 6.45) is 5.51. The monoisotopic (exact) mass is 272 g/mol. The molecule has 0 saturated heterocycles. The lowest BCUT2D eigenvalue weighted by atomic mass is 10.1. The van der Waals surface area contributed by atoms with E-state index < -0.39 is 0 Å². The maximum atomic E-state index is 11.3. The molecule has 6 heteroatoms. The second-order valence-electron chi connectivity index (χ2n) is 4.64. The van der Waals surface area contributed by atoms with E-state index in [1.54, 1.807) is 12.5 Å². The Morgan fingerprint density at radius 2 is 2.40 bits per heavy atom. The number of imidazole rings is 1. The number of hydrogen-bond acceptors (Lipinski definition) is 4. The number of aromatic nitrogens is 2. The molecule has 2 heterocycles. The molecule has 0 unspecified atom stereocenters. The van der Waals surface area contributed by atoms with Crippen molar-refractivity contribution in [1.82, 2.24) is 14.9 Å². The van der Waals surface area contributed by atoms with Crippen LogP contribution in [0.2, 0.25) is 0 Å². The fraction of sp³-hybridized carbons (Fsp3) is 0.286. The van der Waals surface area contributed by atoms with Gasteiger partial charge in [0.2, 0.25) is 0 Å². The highest BCUT2D eigenvalue weighted by molar-refractivity contribution is 5.95. The summed E-state index contributed by atoms with van der Waals surface area (Å²) in [5.41, 5.74) is 1.86. The molecule has 0 atom stereocenters. The number of hydrogen-bond donors (Lipinski definition) is 2. The van der Waals surface area contributed by atoms with Crippen molar-refractivity contribution in [3.63, 3.8) is 0 Å². The van der Waals surface area contributed by atoms with Gasteiger partial charge in [-0.15, -0.1) is 0 Å². The Hall–Kier alpha value is -2.34. The van der Waals surface area contributed by atoms with Crippen LogP contribution < -0.4 is 15.4 Å². The van der Waals surface area contributed by atoms with Crippen molar-refractivity contribution in [1.29, 1.82) is 0 Å². The summed E-state index contributed by atoms with van der Waals surface area (Å²) in [6, 6.07) is 5.83. The number of carbonyl (C=O) groups excluding carboxylic acids is 1. The average Bonchev–Trinajstić information content (AvgIpc) is 2.96. The zero-order valence-corrected chi connectivity index (χ0v) is 11.0. The summed E-state index contributed by atoms with van der Waals surface area (Å²) in [6.45, 7) is 2.58. The third kappa shape index (κ3) is 2.97. The van der Waals surface area contributed by atoms with Crippen molar-refractivity contribution in [3.8, 4) is 5.75 Å². The molecule has 6 nitrogen and oxygen atoms in total. The van der Waals surface area contributed by atoms with Gasteiger partial charge in [0.1, 0.15) is 5.75 Å². The number of amides is 1. The first-order valence-electron chi connectivity index (χ1n) is 6.53. The first-order valence-corrected chi connectivity index (χ1v) is 6.53. The summed E-state index contributed by atoms with van der Waals surface area (Å²) < 4.78 is 7.34. The van der Waals surface area contributed by atoms with E-state index in [4.69, 9.17) is 4.74 Å². The van der Waals surface area contributed by atoms with Crippen LogP contribution in [0, 0.1) is 0 Å². The van der Waals surface area contributed by atoms with Gasteiger partial charge in [-0.1, -0.05) is 6.07 Å². The molecule has 2 N–H and O–H groups in total. The number of benzene rings is 1. The molecule has 0 aliphatic carbocycles. The molecule has 0 bridgehead atoms. The lowest BCUT2D eigenvalue weighted by Crippen LogP contribution is -2.25. The molecule has 0 saturated carbocycles. The van der Waals surface area contributed by atoms with Crippen molar-refractivity contribution in [2.24, 2.45) is 0 Å². The van der Waals surface area contributed by atoms with Gasteiger partial charge in [0.05, 0.1) is 12.0 Å². The van der Waals surface area contributed by atoms with Crippen molar-refractivity contribution in [3.05, 3.63) is 42.5 Å². The van der Waals surface area contributed by atoms with Crippen LogP contribution >= 0.6 is 0 Å². The molecular weight excluding hydrogens is 256 g/mol. The summed E-state index contributed by atoms with van der Waals surface area (Å²) in [5, 5.41) is 6.16. The Balaban J connectivity index is 1.53. The van der Waals surface area contributed by atoms with Gasteiger partial charge < -0.3 is 19.9 Å². The number of carbonyl (C=O) groups is 1. The average molecular weight is 272 g/mol. The highest BCUT2D eigenvalue weighted by Crippen LogP contribution is 2.28. The summed E-state index contributed by atoms with van der Waals surface area (Å²) in [7, 11) is 0. The van der Waals surface area contributed by atoms with E-state index in [1.165, 1.54) is 0 Å². The number of fused-ring (bicyclic) bond motifs is 1. The standard InChI is InChI=1S/C14H16N4O2/c19-14-9-20-13-2-1-11(7-12(13)17-14)8-15-3-5-18-6-4-16-10-18/h1-2,4,6-7,10,15H,3,5,8-9H2,(H,17,19). The predicted molar refractivity (Wildman–Crippen MR) is 74.5 cm³/mol. The third-order valence-electron chi connectivity index (χ3n) is 3.11. The van der Waals surface area contributed by atoms with Gasteiger partial charge in [0, 0.05) is 32.0 Å². The lowest BCUT2D eigenvalue weighted by molar-refractivity contribution is -0.118. The normalized spacial score (nSPS) is 13.5. The number of nitrogens with one attached hydrogen (secondary N) is 2.